The van der Waals surface area contributed by atoms with Crippen LogP contribution in [-0.2, 0) is 12.8 Å². The van der Waals surface area contributed by atoms with Gasteiger partial charge in [-0.25, -0.2) is 14.3 Å². The lowest BCUT2D eigenvalue weighted by Crippen LogP contribution is -2.35. The third kappa shape index (κ3) is 3.14. The van der Waals surface area contributed by atoms with Gasteiger partial charge < -0.3 is 10.8 Å². The molecular formula is C17H15FN4O3. The fourth-order valence-electron chi connectivity index (χ4n) is 2.62. The zero-order chi connectivity index (χ0) is 18.0. The molecule has 2 heterocycles. The third-order valence-electron chi connectivity index (χ3n) is 3.79. The van der Waals surface area contributed by atoms with Crippen LogP contribution in [0.2, 0.25) is 0 Å². The van der Waals surface area contributed by atoms with E-state index >= 15 is 0 Å². The van der Waals surface area contributed by atoms with E-state index in [-0.39, 0.29) is 0 Å². The Labute approximate surface area is 141 Å². The Hall–Kier alpha value is -3.42. The van der Waals surface area contributed by atoms with E-state index in [9.17, 15) is 19.1 Å². The Bertz CT molecular complexity index is 979. The smallest absolute Gasteiger partial charge is 0.286 e. The summed E-state index contributed by atoms with van der Waals surface area (Å²) in [7, 11) is 0. The van der Waals surface area contributed by atoms with Gasteiger partial charge in [-0.05, 0) is 18.4 Å². The van der Waals surface area contributed by atoms with Gasteiger partial charge in [0, 0.05) is 11.8 Å². The van der Waals surface area contributed by atoms with E-state index in [2.05, 4.69) is 4.98 Å². The number of aromatic hydroxyl groups is 1. The van der Waals surface area contributed by atoms with Gasteiger partial charge in [-0.1, -0.05) is 30.3 Å². The predicted molar refractivity (Wildman–Crippen MR) is 87.7 cm³/mol. The van der Waals surface area contributed by atoms with Crippen LogP contribution in [-0.4, -0.2) is 25.3 Å². The van der Waals surface area contributed by atoms with Crippen molar-refractivity contribution in [1.82, 2.24) is 14.3 Å². The largest absolute Gasteiger partial charge is 0.507 e. The van der Waals surface area contributed by atoms with E-state index < -0.39 is 28.7 Å². The number of rotatable bonds is 5. The quantitative estimate of drug-likeness (QED) is 0.724. The molecule has 0 radical (unpaired) electrons. The molecule has 0 saturated carbocycles. The molecule has 3 aromatic rings. The number of hydrogen-bond acceptors (Lipinski definition) is 4. The molecule has 0 spiro atoms. The van der Waals surface area contributed by atoms with Crippen molar-refractivity contribution in [1.29, 1.82) is 0 Å². The number of halogens is 1. The van der Waals surface area contributed by atoms with Crippen LogP contribution in [0.5, 0.6) is 5.75 Å². The SMILES string of the molecule is NC(=O)c1c(O)cc(CCc2ccccc2)n(-n2cncc2F)c1=O. The summed E-state index contributed by atoms with van der Waals surface area (Å²) in [5.74, 6) is -2.41. The second-order valence-electron chi connectivity index (χ2n) is 5.42. The summed E-state index contributed by atoms with van der Waals surface area (Å²) in [6.07, 6.45) is 2.91. The number of carbonyl (C=O) groups is 1. The first-order valence-corrected chi connectivity index (χ1v) is 7.49. The lowest BCUT2D eigenvalue weighted by atomic mass is 10.1. The minimum absolute atomic E-state index is 0.313. The van der Waals surface area contributed by atoms with Crippen molar-refractivity contribution in [2.45, 2.75) is 12.8 Å². The number of imidazole rings is 1. The minimum Gasteiger partial charge on any atom is -0.507 e. The van der Waals surface area contributed by atoms with Gasteiger partial charge in [0.05, 0.1) is 6.20 Å². The second-order valence-corrected chi connectivity index (χ2v) is 5.42. The lowest BCUT2D eigenvalue weighted by Gasteiger charge is -2.16. The van der Waals surface area contributed by atoms with E-state index in [1.165, 1.54) is 6.07 Å². The number of carbonyl (C=O) groups excluding carboxylic acids is 1. The summed E-state index contributed by atoms with van der Waals surface area (Å²) in [5, 5.41) is 10.00. The van der Waals surface area contributed by atoms with Crippen molar-refractivity contribution in [2.75, 3.05) is 0 Å². The Morgan fingerprint density at radius 3 is 2.56 bits per heavy atom. The molecule has 0 fully saturated rings. The van der Waals surface area contributed by atoms with Crippen molar-refractivity contribution in [2.24, 2.45) is 5.73 Å². The zero-order valence-electron chi connectivity index (χ0n) is 13.1. The van der Waals surface area contributed by atoms with Gasteiger partial charge in [-0.2, -0.15) is 4.39 Å². The first-order valence-electron chi connectivity index (χ1n) is 7.49. The maximum atomic E-state index is 14.0. The summed E-state index contributed by atoms with van der Waals surface area (Å²) >= 11 is 0. The number of primary amides is 1. The fourth-order valence-corrected chi connectivity index (χ4v) is 2.62. The normalized spacial score (nSPS) is 10.8. The molecular weight excluding hydrogens is 327 g/mol. The van der Waals surface area contributed by atoms with Gasteiger partial charge in [-0.3, -0.25) is 9.59 Å². The molecule has 1 amide bonds. The topological polar surface area (TPSA) is 103 Å². The predicted octanol–water partition coefficient (Wildman–Crippen LogP) is 1.08. The van der Waals surface area contributed by atoms with Gasteiger partial charge >= 0.3 is 0 Å². The van der Waals surface area contributed by atoms with Gasteiger partial charge in [0.15, 0.2) is 0 Å². The molecule has 0 atom stereocenters. The lowest BCUT2D eigenvalue weighted by molar-refractivity contribution is 0.0995. The average molecular weight is 342 g/mol. The van der Waals surface area contributed by atoms with E-state index in [0.717, 1.165) is 27.4 Å². The number of nitrogens with zero attached hydrogens (tertiary/aromatic N) is 3. The molecule has 128 valence electrons. The molecule has 1 aromatic carbocycles. The third-order valence-corrected chi connectivity index (χ3v) is 3.79. The van der Waals surface area contributed by atoms with Crippen LogP contribution in [0.15, 0.2) is 53.7 Å². The summed E-state index contributed by atoms with van der Waals surface area (Å²) < 4.78 is 15.8. The summed E-state index contributed by atoms with van der Waals surface area (Å²) in [6, 6.07) is 10.7. The zero-order valence-corrected chi connectivity index (χ0v) is 13.1. The van der Waals surface area contributed by atoms with Crippen LogP contribution in [0.25, 0.3) is 0 Å². The molecule has 3 rings (SSSR count). The second kappa shape index (κ2) is 6.60. The Balaban J connectivity index is 2.12. The molecule has 8 heteroatoms. The Morgan fingerprint density at radius 2 is 1.96 bits per heavy atom. The monoisotopic (exact) mass is 342 g/mol. The maximum absolute atomic E-state index is 14.0. The molecule has 3 N–H and O–H groups in total. The number of amides is 1. The van der Waals surface area contributed by atoms with Crippen LogP contribution in [0.3, 0.4) is 0 Å². The van der Waals surface area contributed by atoms with Crippen LogP contribution < -0.4 is 11.3 Å². The molecule has 7 nitrogen and oxygen atoms in total. The highest BCUT2D eigenvalue weighted by molar-refractivity contribution is 5.95. The van der Waals surface area contributed by atoms with E-state index in [1.807, 2.05) is 30.3 Å². The molecule has 0 aliphatic carbocycles. The first kappa shape index (κ1) is 16.4. The number of benzene rings is 1. The number of hydrogen-bond donors (Lipinski definition) is 2. The molecule has 0 bridgehead atoms. The van der Waals surface area contributed by atoms with Gasteiger partial charge in [0.2, 0.25) is 5.95 Å². The molecule has 2 aromatic heterocycles. The van der Waals surface area contributed by atoms with Gasteiger partial charge in [0.1, 0.15) is 17.6 Å². The number of pyridine rings is 1. The number of nitrogens with two attached hydrogens (primary N) is 1. The van der Waals surface area contributed by atoms with Crippen molar-refractivity contribution in [3.8, 4) is 5.75 Å². The van der Waals surface area contributed by atoms with E-state index in [1.54, 1.807) is 0 Å². The summed E-state index contributed by atoms with van der Waals surface area (Å²) in [6.45, 7) is 0. The summed E-state index contributed by atoms with van der Waals surface area (Å²) in [4.78, 5) is 27.7. The van der Waals surface area contributed by atoms with E-state index in [4.69, 9.17) is 5.73 Å². The van der Waals surface area contributed by atoms with Gasteiger partial charge in [-0.15, -0.1) is 0 Å². The van der Waals surface area contributed by atoms with Crippen molar-refractivity contribution in [3.63, 3.8) is 0 Å². The molecule has 0 aliphatic heterocycles. The maximum Gasteiger partial charge on any atom is 0.286 e. The fraction of sp³-hybridized carbons (Fsp3) is 0.118. The number of aryl methyl sites for hydroxylation is 2. The van der Waals surface area contributed by atoms with Crippen LogP contribution in [0.1, 0.15) is 21.6 Å². The van der Waals surface area contributed by atoms with E-state index in [0.29, 0.717) is 18.5 Å². The first-order chi connectivity index (χ1) is 12.0. The molecule has 0 aliphatic rings. The molecule has 0 unspecified atom stereocenters. The highest BCUT2D eigenvalue weighted by atomic mass is 19.1. The van der Waals surface area contributed by atoms with Crippen LogP contribution in [0.4, 0.5) is 4.39 Å². The summed E-state index contributed by atoms with van der Waals surface area (Å²) in [5.41, 5.74) is 4.97. The Kier molecular flexibility index (Phi) is 4.34. The minimum atomic E-state index is -1.09. The number of aromatic nitrogens is 3. The average Bonchev–Trinajstić information content (AvgIpc) is 2.99. The van der Waals surface area contributed by atoms with Crippen molar-refractivity contribution >= 4 is 5.91 Å². The highest BCUT2D eigenvalue weighted by Gasteiger charge is 2.20. The molecule has 25 heavy (non-hydrogen) atoms. The van der Waals surface area contributed by atoms with Crippen LogP contribution in [0, 0.1) is 5.95 Å². The van der Waals surface area contributed by atoms with Crippen molar-refractivity contribution in [3.05, 3.63) is 82.0 Å². The van der Waals surface area contributed by atoms with Gasteiger partial charge in [0.25, 0.3) is 11.5 Å². The standard InChI is InChI=1S/C17H15FN4O3/c18-14-9-20-10-21(14)22-12(7-6-11-4-2-1-3-5-11)8-13(23)15(16(19)24)17(22)25/h1-5,8-10,23H,6-7H2,(H2,19,24). The van der Waals surface area contributed by atoms with Crippen molar-refractivity contribution < 1.29 is 14.3 Å². The van der Waals surface area contributed by atoms with Crippen LogP contribution >= 0.6 is 0 Å². The molecule has 0 saturated heterocycles. The highest BCUT2D eigenvalue weighted by Crippen LogP contribution is 2.17. The Morgan fingerprint density at radius 1 is 1.24 bits per heavy atom.